The third-order valence-corrected chi connectivity index (χ3v) is 6.26. The Morgan fingerprint density at radius 3 is 2.55 bits per heavy atom. The van der Waals surface area contributed by atoms with Gasteiger partial charge in [0.2, 0.25) is 10.0 Å². The third-order valence-electron chi connectivity index (χ3n) is 3.90. The van der Waals surface area contributed by atoms with Gasteiger partial charge < -0.3 is 4.90 Å². The van der Waals surface area contributed by atoms with E-state index in [1.165, 1.54) is 35.6 Å². The molecule has 110 valence electrons. The van der Waals surface area contributed by atoms with Crippen LogP contribution in [-0.4, -0.2) is 55.3 Å². The highest BCUT2D eigenvalue weighted by Gasteiger charge is 2.32. The second-order valence-electron chi connectivity index (χ2n) is 5.45. The summed E-state index contributed by atoms with van der Waals surface area (Å²) in [5.74, 6) is 0.839. The first kappa shape index (κ1) is 14.3. The number of aromatic nitrogens is 1. The van der Waals surface area contributed by atoms with E-state index in [4.69, 9.17) is 11.6 Å². The lowest BCUT2D eigenvalue weighted by Crippen LogP contribution is -2.49. The molecular formula is C13H18ClN3O2S. The van der Waals surface area contributed by atoms with Crippen molar-refractivity contribution >= 4 is 21.6 Å². The highest BCUT2D eigenvalue weighted by molar-refractivity contribution is 7.89. The Hall–Kier alpha value is -0.690. The van der Waals surface area contributed by atoms with Crippen LogP contribution in [0.4, 0.5) is 0 Å². The largest absolute Gasteiger partial charge is 0.300 e. The average Bonchev–Trinajstić information content (AvgIpc) is 3.24. The molecule has 1 saturated heterocycles. The minimum Gasteiger partial charge on any atom is -0.300 e. The summed E-state index contributed by atoms with van der Waals surface area (Å²) in [6.45, 7) is 3.77. The average molecular weight is 316 g/mol. The molecular weight excluding hydrogens is 298 g/mol. The molecule has 2 aliphatic rings. The topological polar surface area (TPSA) is 53.5 Å². The van der Waals surface area contributed by atoms with E-state index in [2.05, 4.69) is 9.88 Å². The van der Waals surface area contributed by atoms with Gasteiger partial charge in [-0.15, -0.1) is 0 Å². The van der Waals surface area contributed by atoms with Gasteiger partial charge in [-0.25, -0.2) is 8.42 Å². The maximum absolute atomic E-state index is 12.5. The maximum atomic E-state index is 12.5. The summed E-state index contributed by atoms with van der Waals surface area (Å²) < 4.78 is 26.6. The summed E-state index contributed by atoms with van der Waals surface area (Å²) in [7, 11) is -3.52. The van der Waals surface area contributed by atoms with E-state index >= 15 is 0 Å². The van der Waals surface area contributed by atoms with Crippen LogP contribution in [0, 0.1) is 5.92 Å². The molecule has 7 heteroatoms. The van der Waals surface area contributed by atoms with Crippen molar-refractivity contribution in [2.75, 3.05) is 32.7 Å². The molecule has 0 N–H and O–H groups in total. The van der Waals surface area contributed by atoms with Crippen LogP contribution in [0.1, 0.15) is 12.8 Å². The highest BCUT2D eigenvalue weighted by Crippen LogP contribution is 2.30. The van der Waals surface area contributed by atoms with E-state index < -0.39 is 10.0 Å². The molecule has 0 aromatic carbocycles. The summed E-state index contributed by atoms with van der Waals surface area (Å²) >= 11 is 5.98. The molecule has 3 rings (SSSR count). The summed E-state index contributed by atoms with van der Waals surface area (Å²) in [6.07, 6.45) is 5.47. The Morgan fingerprint density at radius 1 is 1.25 bits per heavy atom. The Kier molecular flexibility index (Phi) is 3.99. The van der Waals surface area contributed by atoms with Gasteiger partial charge in [-0.1, -0.05) is 11.6 Å². The Morgan fingerprint density at radius 2 is 1.95 bits per heavy atom. The molecule has 5 nitrogen and oxygen atoms in total. The van der Waals surface area contributed by atoms with Gasteiger partial charge in [0.1, 0.15) is 4.90 Å². The van der Waals surface area contributed by atoms with Gasteiger partial charge in [-0.3, -0.25) is 4.98 Å². The van der Waals surface area contributed by atoms with Gasteiger partial charge in [-0.2, -0.15) is 4.31 Å². The number of pyridine rings is 1. The Labute approximate surface area is 124 Å². The summed E-state index contributed by atoms with van der Waals surface area (Å²) in [5.41, 5.74) is 0. The van der Waals surface area contributed by atoms with Crippen LogP contribution in [0.2, 0.25) is 5.02 Å². The lowest BCUT2D eigenvalue weighted by molar-refractivity contribution is 0.182. The Balaban J connectivity index is 1.68. The minimum absolute atomic E-state index is 0.109. The smallest absolute Gasteiger partial charge is 0.246 e. The van der Waals surface area contributed by atoms with Crippen molar-refractivity contribution in [2.24, 2.45) is 5.92 Å². The van der Waals surface area contributed by atoms with Gasteiger partial charge in [0, 0.05) is 45.1 Å². The van der Waals surface area contributed by atoms with E-state index in [9.17, 15) is 8.42 Å². The molecule has 1 saturated carbocycles. The van der Waals surface area contributed by atoms with Crippen LogP contribution in [0.25, 0.3) is 0 Å². The van der Waals surface area contributed by atoms with Crippen molar-refractivity contribution in [3.05, 3.63) is 23.5 Å². The molecule has 2 fully saturated rings. The van der Waals surface area contributed by atoms with Crippen molar-refractivity contribution < 1.29 is 8.42 Å². The number of hydrogen-bond donors (Lipinski definition) is 0. The van der Waals surface area contributed by atoms with Crippen LogP contribution in [0.15, 0.2) is 23.4 Å². The molecule has 20 heavy (non-hydrogen) atoms. The Bertz CT molecular complexity index is 581. The zero-order valence-corrected chi connectivity index (χ0v) is 12.8. The molecule has 1 aliphatic heterocycles. The van der Waals surface area contributed by atoms with Crippen LogP contribution in [0.3, 0.4) is 0 Å². The second-order valence-corrected chi connectivity index (χ2v) is 7.77. The summed E-state index contributed by atoms with van der Waals surface area (Å²) in [4.78, 5) is 6.33. The molecule has 0 unspecified atom stereocenters. The van der Waals surface area contributed by atoms with Crippen molar-refractivity contribution in [3.8, 4) is 0 Å². The molecule has 0 bridgehead atoms. The van der Waals surface area contributed by atoms with Crippen LogP contribution in [0.5, 0.6) is 0 Å². The fourth-order valence-corrected chi connectivity index (χ4v) is 4.34. The van der Waals surface area contributed by atoms with Crippen molar-refractivity contribution in [1.82, 2.24) is 14.2 Å². The lowest BCUT2D eigenvalue weighted by Gasteiger charge is -2.34. The quantitative estimate of drug-likeness (QED) is 0.844. The van der Waals surface area contributed by atoms with Gasteiger partial charge in [0.15, 0.2) is 0 Å². The fourth-order valence-electron chi connectivity index (χ4n) is 2.51. The molecule has 0 amide bonds. The van der Waals surface area contributed by atoms with E-state index in [0.29, 0.717) is 13.1 Å². The summed E-state index contributed by atoms with van der Waals surface area (Å²) in [6, 6.07) is 1.51. The number of sulfonamides is 1. The van der Waals surface area contributed by atoms with Crippen LogP contribution >= 0.6 is 11.6 Å². The normalized spacial score (nSPS) is 22.1. The molecule has 1 aromatic heterocycles. The molecule has 0 spiro atoms. The first-order chi connectivity index (χ1) is 9.57. The SMILES string of the molecule is O=S(=O)(c1cnccc1Cl)N1CCN(CC2CC2)CC1. The minimum atomic E-state index is -3.52. The predicted molar refractivity (Wildman–Crippen MR) is 77.2 cm³/mol. The fraction of sp³-hybridized carbons (Fsp3) is 0.615. The van der Waals surface area contributed by atoms with E-state index in [1.807, 2.05) is 0 Å². The molecule has 1 aromatic rings. The van der Waals surface area contributed by atoms with Crippen molar-refractivity contribution in [3.63, 3.8) is 0 Å². The summed E-state index contributed by atoms with van der Waals surface area (Å²) in [5, 5.41) is 0.236. The molecule has 1 aliphatic carbocycles. The van der Waals surface area contributed by atoms with E-state index in [1.54, 1.807) is 0 Å². The number of hydrogen-bond acceptors (Lipinski definition) is 4. The zero-order chi connectivity index (χ0) is 14.2. The number of piperazine rings is 1. The monoisotopic (exact) mass is 315 g/mol. The maximum Gasteiger partial charge on any atom is 0.246 e. The molecule has 0 atom stereocenters. The third kappa shape index (κ3) is 2.98. The first-order valence-electron chi connectivity index (χ1n) is 6.89. The zero-order valence-electron chi connectivity index (χ0n) is 11.2. The van der Waals surface area contributed by atoms with Crippen LogP contribution in [-0.2, 0) is 10.0 Å². The second kappa shape index (κ2) is 5.60. The number of halogens is 1. The predicted octanol–water partition coefficient (Wildman–Crippen LogP) is 1.45. The van der Waals surface area contributed by atoms with Gasteiger partial charge >= 0.3 is 0 Å². The standard InChI is InChI=1S/C13H18ClN3O2S/c14-12-3-4-15-9-13(12)20(18,19)17-7-5-16(6-8-17)10-11-1-2-11/h3-4,9,11H,1-2,5-8,10H2. The van der Waals surface area contributed by atoms with Crippen molar-refractivity contribution in [2.45, 2.75) is 17.7 Å². The van der Waals surface area contributed by atoms with Gasteiger partial charge in [0.25, 0.3) is 0 Å². The molecule has 0 radical (unpaired) electrons. The van der Waals surface area contributed by atoms with Gasteiger partial charge in [-0.05, 0) is 24.8 Å². The molecule has 2 heterocycles. The van der Waals surface area contributed by atoms with Crippen LogP contribution < -0.4 is 0 Å². The number of nitrogens with zero attached hydrogens (tertiary/aromatic N) is 3. The lowest BCUT2D eigenvalue weighted by atomic mass is 10.3. The number of rotatable bonds is 4. The highest BCUT2D eigenvalue weighted by atomic mass is 35.5. The van der Waals surface area contributed by atoms with Crippen molar-refractivity contribution in [1.29, 1.82) is 0 Å². The van der Waals surface area contributed by atoms with Gasteiger partial charge in [0.05, 0.1) is 5.02 Å². The first-order valence-corrected chi connectivity index (χ1v) is 8.71. The van der Waals surface area contributed by atoms with E-state index in [-0.39, 0.29) is 9.92 Å². The van der Waals surface area contributed by atoms with E-state index in [0.717, 1.165) is 25.6 Å².